The van der Waals surface area contributed by atoms with Gasteiger partial charge in [0.1, 0.15) is 5.76 Å². The molecule has 0 fully saturated rings. The molecule has 0 saturated heterocycles. The van der Waals surface area contributed by atoms with Crippen LogP contribution in [-0.2, 0) is 6.42 Å². The van der Waals surface area contributed by atoms with Crippen LogP contribution in [-0.4, -0.2) is 12.5 Å². The Bertz CT molecular complexity index is 742. The largest absolute Gasteiger partial charge is 0.427 e. The molecule has 0 radical (unpaired) electrons. The third-order valence-corrected chi connectivity index (χ3v) is 3.84. The maximum absolute atomic E-state index is 12.2. The molecule has 0 aliphatic rings. The van der Waals surface area contributed by atoms with E-state index in [0.717, 1.165) is 5.56 Å². The lowest BCUT2D eigenvalue weighted by Crippen LogP contribution is -2.27. The zero-order chi connectivity index (χ0) is 16.3. The van der Waals surface area contributed by atoms with Gasteiger partial charge in [-0.05, 0) is 43.5 Å². The monoisotopic (exact) mass is 339 g/mol. The molecule has 1 amide bonds. The first-order valence-electron chi connectivity index (χ1n) is 6.72. The molecule has 0 atom stereocenters. The van der Waals surface area contributed by atoms with Gasteiger partial charge in [0.25, 0.3) is 5.91 Å². The highest BCUT2D eigenvalue weighted by molar-refractivity contribution is 6.35. The molecule has 1 aromatic heterocycles. The van der Waals surface area contributed by atoms with Crippen molar-refractivity contribution in [1.29, 1.82) is 0 Å². The molecule has 1 aromatic carbocycles. The van der Waals surface area contributed by atoms with E-state index >= 15 is 0 Å². The molecule has 0 spiro atoms. The van der Waals surface area contributed by atoms with Gasteiger partial charge in [-0.3, -0.25) is 4.79 Å². The summed E-state index contributed by atoms with van der Waals surface area (Å²) in [4.78, 5) is 23.4. The average Bonchev–Trinajstić information content (AvgIpc) is 2.40. The minimum atomic E-state index is -0.459. The summed E-state index contributed by atoms with van der Waals surface area (Å²) < 4.78 is 4.95. The number of hydrogen-bond acceptors (Lipinski definition) is 3. The molecular weight excluding hydrogens is 325 g/mol. The van der Waals surface area contributed by atoms with Crippen LogP contribution in [0.4, 0.5) is 0 Å². The van der Waals surface area contributed by atoms with Gasteiger partial charge in [0.05, 0.1) is 5.56 Å². The fourth-order valence-corrected chi connectivity index (χ4v) is 2.72. The van der Waals surface area contributed by atoms with Crippen molar-refractivity contribution in [3.8, 4) is 0 Å². The van der Waals surface area contributed by atoms with Gasteiger partial charge in [-0.25, -0.2) is 4.79 Å². The molecule has 1 N–H and O–H groups in total. The van der Waals surface area contributed by atoms with Crippen LogP contribution in [0, 0.1) is 13.8 Å². The van der Waals surface area contributed by atoms with Gasteiger partial charge < -0.3 is 9.73 Å². The normalized spacial score (nSPS) is 10.5. The average molecular weight is 340 g/mol. The van der Waals surface area contributed by atoms with Crippen molar-refractivity contribution in [2.45, 2.75) is 20.3 Å². The number of rotatable bonds is 4. The van der Waals surface area contributed by atoms with Gasteiger partial charge >= 0.3 is 5.63 Å². The quantitative estimate of drug-likeness (QED) is 0.926. The Hall–Kier alpha value is -1.78. The number of halogens is 2. The van der Waals surface area contributed by atoms with Gasteiger partial charge in [-0.15, -0.1) is 0 Å². The van der Waals surface area contributed by atoms with E-state index in [9.17, 15) is 9.59 Å². The standard InChI is InChI=1S/C16H15Cl2NO3/c1-9-7-14(20)22-10(2)15(9)16(21)19-6-5-11-3-4-12(17)8-13(11)18/h3-4,7-8H,5-6H2,1-2H3,(H,19,21). The first-order valence-corrected chi connectivity index (χ1v) is 7.47. The lowest BCUT2D eigenvalue weighted by Gasteiger charge is -2.10. The van der Waals surface area contributed by atoms with Crippen molar-refractivity contribution in [3.05, 3.63) is 67.2 Å². The van der Waals surface area contributed by atoms with Crippen molar-refractivity contribution < 1.29 is 9.21 Å². The number of benzene rings is 1. The highest BCUT2D eigenvalue weighted by Gasteiger charge is 2.14. The van der Waals surface area contributed by atoms with E-state index in [-0.39, 0.29) is 5.91 Å². The number of aryl methyl sites for hydroxylation is 2. The maximum atomic E-state index is 12.2. The van der Waals surface area contributed by atoms with E-state index in [1.807, 2.05) is 6.07 Å². The van der Waals surface area contributed by atoms with Crippen LogP contribution in [0.2, 0.25) is 10.0 Å². The van der Waals surface area contributed by atoms with E-state index in [2.05, 4.69) is 5.32 Å². The summed E-state index contributed by atoms with van der Waals surface area (Å²) in [5.74, 6) is 0.0378. The Labute approximate surface area is 138 Å². The van der Waals surface area contributed by atoms with Crippen molar-refractivity contribution >= 4 is 29.1 Å². The van der Waals surface area contributed by atoms with E-state index < -0.39 is 5.63 Å². The molecule has 0 unspecified atom stereocenters. The summed E-state index contributed by atoms with van der Waals surface area (Å²) in [6.07, 6.45) is 0.580. The number of nitrogens with one attached hydrogen (secondary N) is 1. The molecule has 1 heterocycles. The summed E-state index contributed by atoms with van der Waals surface area (Å²) in [5.41, 5.74) is 1.43. The van der Waals surface area contributed by atoms with Crippen LogP contribution in [0.3, 0.4) is 0 Å². The second kappa shape index (κ2) is 6.99. The summed E-state index contributed by atoms with van der Waals surface area (Å²) in [7, 11) is 0. The SMILES string of the molecule is Cc1cc(=O)oc(C)c1C(=O)NCCc1ccc(Cl)cc1Cl. The summed E-state index contributed by atoms with van der Waals surface area (Å²) in [5, 5.41) is 3.94. The molecule has 0 saturated carbocycles. The Morgan fingerprint density at radius 3 is 2.59 bits per heavy atom. The summed E-state index contributed by atoms with van der Waals surface area (Å²) >= 11 is 11.9. The number of hydrogen-bond donors (Lipinski definition) is 1. The molecule has 0 bridgehead atoms. The topological polar surface area (TPSA) is 59.3 Å². The minimum Gasteiger partial charge on any atom is -0.427 e. The number of carbonyl (C=O) groups is 1. The van der Waals surface area contributed by atoms with Gasteiger partial charge in [-0.2, -0.15) is 0 Å². The smallest absolute Gasteiger partial charge is 0.336 e. The van der Waals surface area contributed by atoms with Crippen LogP contribution < -0.4 is 10.9 Å². The van der Waals surface area contributed by atoms with Crippen molar-refractivity contribution in [2.24, 2.45) is 0 Å². The molecule has 22 heavy (non-hydrogen) atoms. The fourth-order valence-electron chi connectivity index (χ4n) is 2.22. The van der Waals surface area contributed by atoms with E-state index in [1.54, 1.807) is 26.0 Å². The zero-order valence-electron chi connectivity index (χ0n) is 12.2. The lowest BCUT2D eigenvalue weighted by atomic mass is 10.1. The van der Waals surface area contributed by atoms with Gasteiger partial charge in [0, 0.05) is 22.7 Å². The number of amides is 1. The first kappa shape index (κ1) is 16.6. The predicted octanol–water partition coefficient (Wildman–Crippen LogP) is 3.54. The van der Waals surface area contributed by atoms with Crippen molar-refractivity contribution in [3.63, 3.8) is 0 Å². The van der Waals surface area contributed by atoms with E-state index in [1.165, 1.54) is 6.07 Å². The van der Waals surface area contributed by atoms with Gasteiger partial charge in [0.2, 0.25) is 0 Å². The van der Waals surface area contributed by atoms with Crippen LogP contribution in [0.15, 0.2) is 33.5 Å². The second-order valence-corrected chi connectivity index (χ2v) is 5.76. The highest BCUT2D eigenvalue weighted by atomic mass is 35.5. The van der Waals surface area contributed by atoms with Crippen molar-refractivity contribution in [2.75, 3.05) is 6.54 Å². The second-order valence-electron chi connectivity index (χ2n) is 4.92. The van der Waals surface area contributed by atoms with Gasteiger partial charge in [0.15, 0.2) is 0 Å². The van der Waals surface area contributed by atoms with Crippen LogP contribution in [0.1, 0.15) is 27.2 Å². The van der Waals surface area contributed by atoms with E-state index in [0.29, 0.717) is 39.9 Å². The number of carbonyl (C=O) groups excluding carboxylic acids is 1. The molecule has 2 rings (SSSR count). The third-order valence-electron chi connectivity index (χ3n) is 3.26. The molecule has 2 aromatic rings. The van der Waals surface area contributed by atoms with Crippen molar-refractivity contribution in [1.82, 2.24) is 5.32 Å². The van der Waals surface area contributed by atoms with Crippen LogP contribution >= 0.6 is 23.2 Å². The Kier molecular flexibility index (Phi) is 5.27. The molecule has 0 aliphatic carbocycles. The van der Waals surface area contributed by atoms with Crippen LogP contribution in [0.25, 0.3) is 0 Å². The maximum Gasteiger partial charge on any atom is 0.336 e. The van der Waals surface area contributed by atoms with E-state index in [4.69, 9.17) is 27.6 Å². The molecule has 0 aliphatic heterocycles. The molecule has 116 valence electrons. The lowest BCUT2D eigenvalue weighted by molar-refractivity contribution is 0.0950. The zero-order valence-corrected chi connectivity index (χ0v) is 13.7. The minimum absolute atomic E-state index is 0.274. The first-order chi connectivity index (χ1) is 10.4. The third kappa shape index (κ3) is 3.90. The highest BCUT2D eigenvalue weighted by Crippen LogP contribution is 2.21. The van der Waals surface area contributed by atoms with Gasteiger partial charge in [-0.1, -0.05) is 29.3 Å². The summed E-state index contributed by atoms with van der Waals surface area (Å²) in [6, 6.07) is 6.55. The molecular formula is C16H15Cl2NO3. The Morgan fingerprint density at radius 2 is 1.95 bits per heavy atom. The predicted molar refractivity (Wildman–Crippen MR) is 87.0 cm³/mol. The fraction of sp³-hybridized carbons (Fsp3) is 0.250. The van der Waals surface area contributed by atoms with Crippen LogP contribution in [0.5, 0.6) is 0 Å². The molecule has 6 heteroatoms. The molecule has 4 nitrogen and oxygen atoms in total. The Balaban J connectivity index is 2.03. The Morgan fingerprint density at radius 1 is 1.23 bits per heavy atom. The summed E-state index contributed by atoms with van der Waals surface area (Å²) in [6.45, 7) is 3.71.